The van der Waals surface area contributed by atoms with E-state index in [2.05, 4.69) is 37.1 Å². The average molecular weight is 402 g/mol. The molecule has 3 unspecified atom stereocenters. The second-order valence-corrected chi connectivity index (χ2v) is 9.68. The molecule has 0 radical (unpaired) electrons. The van der Waals surface area contributed by atoms with Gasteiger partial charge in [0.25, 0.3) is 0 Å². The maximum atomic E-state index is 11.7. The minimum Gasteiger partial charge on any atom is -0.508 e. The first-order chi connectivity index (χ1) is 13.8. The standard InChI is InChI=1S/C24H39N3O2/c1-5-20(28)13-21(17(2)3)24-9-6-11-26(16-23(25)29)15-22(24)18(4)27(12-10-24)14-19-7-8-19/h5,13,18-19,22,28H,1,6-12,14-16H2,2-4H3,(H2,25,29)/b20-13+. The van der Waals surface area contributed by atoms with Gasteiger partial charge < -0.3 is 10.8 Å². The normalized spacial score (nSPS) is 31.6. The molecule has 1 aliphatic carbocycles. The van der Waals surface area contributed by atoms with E-state index < -0.39 is 0 Å². The number of fused-ring (bicyclic) bond motifs is 1. The Morgan fingerprint density at radius 1 is 1.28 bits per heavy atom. The molecule has 3 N–H and O–H groups in total. The van der Waals surface area contributed by atoms with Gasteiger partial charge in [0, 0.05) is 24.5 Å². The first-order valence-electron chi connectivity index (χ1n) is 11.2. The third-order valence-corrected chi connectivity index (χ3v) is 7.41. The fraction of sp³-hybridized carbons (Fsp3) is 0.708. The Labute approximate surface area is 176 Å². The summed E-state index contributed by atoms with van der Waals surface area (Å²) in [6.45, 7) is 14.8. The summed E-state index contributed by atoms with van der Waals surface area (Å²) in [5.41, 5.74) is 8.09. The van der Waals surface area contributed by atoms with Gasteiger partial charge in [-0.15, -0.1) is 0 Å². The van der Waals surface area contributed by atoms with E-state index in [0.29, 0.717) is 18.5 Å². The number of amides is 1. The van der Waals surface area contributed by atoms with E-state index >= 15 is 0 Å². The van der Waals surface area contributed by atoms with Gasteiger partial charge >= 0.3 is 0 Å². The molecule has 3 aliphatic rings. The highest BCUT2D eigenvalue weighted by Crippen LogP contribution is 2.52. The molecule has 3 fully saturated rings. The molecule has 0 aromatic heterocycles. The molecule has 2 aliphatic heterocycles. The molecule has 3 rings (SSSR count). The van der Waals surface area contributed by atoms with Crippen LogP contribution < -0.4 is 5.73 Å². The number of likely N-dealkylation sites (tertiary alicyclic amines) is 2. The van der Waals surface area contributed by atoms with Crippen LogP contribution in [0, 0.1) is 17.3 Å². The van der Waals surface area contributed by atoms with Crippen LogP contribution in [0.5, 0.6) is 0 Å². The quantitative estimate of drug-likeness (QED) is 0.505. The third kappa shape index (κ3) is 4.95. The molecule has 0 bridgehead atoms. The van der Waals surface area contributed by atoms with E-state index in [-0.39, 0.29) is 17.1 Å². The zero-order chi connectivity index (χ0) is 21.2. The molecule has 1 amide bonds. The molecule has 0 aromatic carbocycles. The van der Waals surface area contributed by atoms with E-state index in [1.807, 2.05) is 6.08 Å². The van der Waals surface area contributed by atoms with Crippen molar-refractivity contribution in [3.05, 3.63) is 35.6 Å². The van der Waals surface area contributed by atoms with Gasteiger partial charge in [-0.2, -0.15) is 0 Å². The van der Waals surface area contributed by atoms with Crippen LogP contribution in [0.1, 0.15) is 52.9 Å². The molecule has 162 valence electrons. The largest absolute Gasteiger partial charge is 0.508 e. The lowest BCUT2D eigenvalue weighted by atomic mass is 9.60. The van der Waals surface area contributed by atoms with Crippen molar-refractivity contribution in [3.63, 3.8) is 0 Å². The van der Waals surface area contributed by atoms with Gasteiger partial charge in [0.2, 0.25) is 5.91 Å². The molecule has 0 spiro atoms. The van der Waals surface area contributed by atoms with E-state index in [4.69, 9.17) is 5.73 Å². The first-order valence-corrected chi connectivity index (χ1v) is 11.2. The number of primary amides is 1. The molecular weight excluding hydrogens is 362 g/mol. The molecule has 3 atom stereocenters. The van der Waals surface area contributed by atoms with E-state index in [1.165, 1.54) is 36.6 Å². The van der Waals surface area contributed by atoms with Crippen LogP contribution in [0.3, 0.4) is 0 Å². The summed E-state index contributed by atoms with van der Waals surface area (Å²) in [7, 11) is 0. The zero-order valence-corrected chi connectivity index (χ0v) is 18.5. The Bertz CT molecular complexity index is 690. The number of allylic oxidation sites excluding steroid dienone is 4. The Hall–Kier alpha value is -1.59. The van der Waals surface area contributed by atoms with Crippen LogP contribution in [0.2, 0.25) is 0 Å². The number of carbonyl (C=O) groups is 1. The minimum absolute atomic E-state index is 0.0156. The molecule has 1 saturated carbocycles. The fourth-order valence-electron chi connectivity index (χ4n) is 5.79. The lowest BCUT2D eigenvalue weighted by Gasteiger charge is -2.53. The molecule has 2 saturated heterocycles. The van der Waals surface area contributed by atoms with E-state index in [0.717, 1.165) is 44.8 Å². The maximum Gasteiger partial charge on any atom is 0.231 e. The van der Waals surface area contributed by atoms with Crippen LogP contribution in [0.4, 0.5) is 0 Å². The van der Waals surface area contributed by atoms with Crippen molar-refractivity contribution < 1.29 is 9.90 Å². The van der Waals surface area contributed by atoms with Crippen molar-refractivity contribution in [2.45, 2.75) is 58.9 Å². The van der Waals surface area contributed by atoms with Gasteiger partial charge in [-0.25, -0.2) is 0 Å². The zero-order valence-electron chi connectivity index (χ0n) is 18.5. The van der Waals surface area contributed by atoms with Gasteiger partial charge in [0.1, 0.15) is 5.76 Å². The van der Waals surface area contributed by atoms with Crippen LogP contribution in [0.15, 0.2) is 35.6 Å². The lowest BCUT2D eigenvalue weighted by Crippen LogP contribution is -2.56. The van der Waals surface area contributed by atoms with Crippen molar-refractivity contribution in [2.24, 2.45) is 23.0 Å². The number of nitrogens with two attached hydrogens (primary N) is 1. The SMILES string of the molecule is C=C/C(O)=C\C(=C(C)C)C12CCCN(CC(N)=O)CC1C(C)N(CC1CC1)CC2. The van der Waals surface area contributed by atoms with Gasteiger partial charge in [0.05, 0.1) is 6.54 Å². The second kappa shape index (κ2) is 9.05. The fourth-order valence-corrected chi connectivity index (χ4v) is 5.79. The summed E-state index contributed by atoms with van der Waals surface area (Å²) >= 11 is 0. The Morgan fingerprint density at radius 2 is 2.00 bits per heavy atom. The highest BCUT2D eigenvalue weighted by atomic mass is 16.3. The number of carbonyl (C=O) groups excluding carboxylic acids is 1. The maximum absolute atomic E-state index is 11.7. The van der Waals surface area contributed by atoms with Crippen molar-refractivity contribution >= 4 is 5.91 Å². The monoisotopic (exact) mass is 401 g/mol. The van der Waals surface area contributed by atoms with Gasteiger partial charge in [-0.1, -0.05) is 12.2 Å². The topological polar surface area (TPSA) is 69.8 Å². The smallest absolute Gasteiger partial charge is 0.231 e. The van der Waals surface area contributed by atoms with Crippen molar-refractivity contribution in [1.29, 1.82) is 0 Å². The summed E-state index contributed by atoms with van der Waals surface area (Å²) in [6.07, 6.45) is 9.41. The molecular formula is C24H39N3O2. The van der Waals surface area contributed by atoms with Crippen LogP contribution in [-0.4, -0.2) is 59.6 Å². The van der Waals surface area contributed by atoms with Crippen molar-refractivity contribution in [2.75, 3.05) is 32.7 Å². The number of hydrogen-bond acceptors (Lipinski definition) is 4. The highest BCUT2D eigenvalue weighted by molar-refractivity contribution is 5.75. The Kier molecular flexibility index (Phi) is 6.90. The minimum atomic E-state index is -0.248. The molecule has 5 nitrogen and oxygen atoms in total. The van der Waals surface area contributed by atoms with Gasteiger partial charge in [0.15, 0.2) is 0 Å². The molecule has 2 heterocycles. The summed E-state index contributed by atoms with van der Waals surface area (Å²) in [5, 5.41) is 10.3. The summed E-state index contributed by atoms with van der Waals surface area (Å²) < 4.78 is 0. The number of rotatable bonds is 7. The number of aliphatic hydroxyl groups is 1. The highest BCUT2D eigenvalue weighted by Gasteiger charge is 2.50. The van der Waals surface area contributed by atoms with Crippen LogP contribution in [-0.2, 0) is 4.79 Å². The Morgan fingerprint density at radius 3 is 2.59 bits per heavy atom. The summed E-state index contributed by atoms with van der Waals surface area (Å²) in [6, 6.07) is 0.437. The lowest BCUT2D eigenvalue weighted by molar-refractivity contribution is -0.119. The predicted octanol–water partition coefficient (Wildman–Crippen LogP) is 3.64. The van der Waals surface area contributed by atoms with Crippen molar-refractivity contribution in [3.8, 4) is 0 Å². The van der Waals surface area contributed by atoms with Crippen LogP contribution in [0.25, 0.3) is 0 Å². The summed E-state index contributed by atoms with van der Waals surface area (Å²) in [5.74, 6) is 1.25. The van der Waals surface area contributed by atoms with Crippen molar-refractivity contribution in [1.82, 2.24) is 9.80 Å². The molecule has 0 aromatic rings. The number of hydrogen-bond donors (Lipinski definition) is 2. The molecule has 5 heteroatoms. The van der Waals surface area contributed by atoms with E-state index in [1.54, 1.807) is 0 Å². The van der Waals surface area contributed by atoms with Gasteiger partial charge in [-0.05, 0) is 95.5 Å². The first kappa shape index (κ1) is 22.1. The number of piperidine rings is 1. The third-order valence-electron chi connectivity index (χ3n) is 7.41. The Balaban J connectivity index is 1.99. The van der Waals surface area contributed by atoms with Crippen LogP contribution >= 0.6 is 0 Å². The number of nitrogens with zero attached hydrogens (tertiary/aromatic N) is 2. The second-order valence-electron chi connectivity index (χ2n) is 9.68. The average Bonchev–Trinajstić information content (AvgIpc) is 3.48. The predicted molar refractivity (Wildman–Crippen MR) is 118 cm³/mol. The summed E-state index contributed by atoms with van der Waals surface area (Å²) in [4.78, 5) is 16.6. The number of aliphatic hydroxyl groups excluding tert-OH is 1. The molecule has 29 heavy (non-hydrogen) atoms. The van der Waals surface area contributed by atoms with Gasteiger partial charge in [-0.3, -0.25) is 14.6 Å². The van der Waals surface area contributed by atoms with E-state index in [9.17, 15) is 9.90 Å².